The van der Waals surface area contributed by atoms with Crippen molar-refractivity contribution < 1.29 is 19.1 Å². The van der Waals surface area contributed by atoms with Crippen LogP contribution >= 0.6 is 11.6 Å². The summed E-state index contributed by atoms with van der Waals surface area (Å²) in [5, 5.41) is 2.68. The van der Waals surface area contributed by atoms with Crippen LogP contribution in [0.15, 0.2) is 42.5 Å². The molecule has 3 rings (SSSR count). The minimum Gasteiger partial charge on any atom is -0.494 e. The van der Waals surface area contributed by atoms with Crippen LogP contribution < -0.4 is 19.7 Å². The lowest BCUT2D eigenvalue weighted by Gasteiger charge is -2.29. The van der Waals surface area contributed by atoms with E-state index < -0.39 is 0 Å². The molecule has 1 N–H and O–H groups in total. The van der Waals surface area contributed by atoms with Crippen molar-refractivity contribution in [3.8, 4) is 11.5 Å². The minimum absolute atomic E-state index is 0.000870. The Labute approximate surface area is 163 Å². The Morgan fingerprint density at radius 1 is 1.30 bits per heavy atom. The third kappa shape index (κ3) is 4.92. The van der Waals surface area contributed by atoms with E-state index in [1.54, 1.807) is 23.1 Å². The number of aryl methyl sites for hydroxylation is 1. The molecule has 1 aliphatic heterocycles. The molecular formula is C20H21ClN2O4. The number of nitrogens with one attached hydrogen (secondary N) is 1. The molecule has 0 unspecified atom stereocenters. The van der Waals surface area contributed by atoms with Gasteiger partial charge in [-0.05, 0) is 49.2 Å². The van der Waals surface area contributed by atoms with Gasteiger partial charge in [0.25, 0.3) is 5.91 Å². The molecule has 7 heteroatoms. The Morgan fingerprint density at radius 2 is 2.15 bits per heavy atom. The third-order valence-electron chi connectivity index (χ3n) is 4.09. The Bertz CT molecular complexity index is 840. The van der Waals surface area contributed by atoms with Crippen molar-refractivity contribution in [2.75, 3.05) is 35.9 Å². The largest absolute Gasteiger partial charge is 0.494 e. The molecule has 0 aliphatic carbocycles. The number of halogens is 1. The highest BCUT2D eigenvalue weighted by Crippen LogP contribution is 2.34. The standard InChI is InChI=1S/C20H21ClN2O4/c1-14-4-2-5-16(10-14)26-9-3-8-23-17-11-15(22-19(24)12-21)6-7-18(17)27-13-20(23)25/h2,4-7,10-11H,3,8-9,12-13H2,1H3,(H,22,24). The molecule has 1 heterocycles. The maximum absolute atomic E-state index is 12.3. The van der Waals surface area contributed by atoms with Gasteiger partial charge in [0.15, 0.2) is 6.61 Å². The highest BCUT2D eigenvalue weighted by atomic mass is 35.5. The van der Waals surface area contributed by atoms with Gasteiger partial charge in [-0.25, -0.2) is 0 Å². The second-order valence-corrected chi connectivity index (χ2v) is 6.48. The second kappa shape index (κ2) is 8.77. The fourth-order valence-corrected chi connectivity index (χ4v) is 2.90. The number of nitrogens with zero attached hydrogens (tertiary/aromatic N) is 1. The second-order valence-electron chi connectivity index (χ2n) is 6.22. The van der Waals surface area contributed by atoms with Crippen LogP contribution in [0.2, 0.25) is 0 Å². The van der Waals surface area contributed by atoms with Crippen LogP contribution in [0.3, 0.4) is 0 Å². The zero-order valence-corrected chi connectivity index (χ0v) is 15.8. The summed E-state index contributed by atoms with van der Waals surface area (Å²) in [7, 11) is 0. The molecule has 0 aromatic heterocycles. The van der Waals surface area contributed by atoms with Crippen LogP contribution in [0, 0.1) is 6.92 Å². The van der Waals surface area contributed by atoms with Crippen molar-refractivity contribution in [2.45, 2.75) is 13.3 Å². The first-order chi connectivity index (χ1) is 13.1. The molecule has 0 fully saturated rings. The van der Waals surface area contributed by atoms with E-state index in [0.29, 0.717) is 36.7 Å². The number of rotatable bonds is 7. The average Bonchev–Trinajstić information content (AvgIpc) is 2.66. The van der Waals surface area contributed by atoms with Crippen molar-refractivity contribution >= 4 is 34.8 Å². The van der Waals surface area contributed by atoms with E-state index in [2.05, 4.69) is 5.32 Å². The van der Waals surface area contributed by atoms with Crippen LogP contribution in [0.4, 0.5) is 11.4 Å². The van der Waals surface area contributed by atoms with E-state index in [0.717, 1.165) is 11.3 Å². The van der Waals surface area contributed by atoms with Gasteiger partial charge >= 0.3 is 0 Å². The van der Waals surface area contributed by atoms with Crippen molar-refractivity contribution in [2.24, 2.45) is 0 Å². The van der Waals surface area contributed by atoms with E-state index in [1.165, 1.54) is 0 Å². The summed E-state index contributed by atoms with van der Waals surface area (Å²) in [6.07, 6.45) is 0.664. The summed E-state index contributed by atoms with van der Waals surface area (Å²) >= 11 is 5.53. The van der Waals surface area contributed by atoms with E-state index in [9.17, 15) is 9.59 Å². The van der Waals surface area contributed by atoms with Gasteiger partial charge in [-0.1, -0.05) is 12.1 Å². The molecule has 6 nitrogen and oxygen atoms in total. The first-order valence-electron chi connectivity index (χ1n) is 8.69. The fraction of sp³-hybridized carbons (Fsp3) is 0.300. The monoisotopic (exact) mass is 388 g/mol. The molecule has 0 bridgehead atoms. The number of amides is 2. The van der Waals surface area contributed by atoms with Gasteiger partial charge in [-0.3, -0.25) is 9.59 Å². The Morgan fingerprint density at radius 3 is 2.93 bits per heavy atom. The topological polar surface area (TPSA) is 67.9 Å². The number of fused-ring (bicyclic) bond motifs is 1. The molecule has 0 radical (unpaired) electrons. The van der Waals surface area contributed by atoms with Gasteiger partial charge in [-0.15, -0.1) is 11.6 Å². The van der Waals surface area contributed by atoms with Gasteiger partial charge in [-0.2, -0.15) is 0 Å². The van der Waals surface area contributed by atoms with E-state index in [4.69, 9.17) is 21.1 Å². The fourth-order valence-electron chi connectivity index (χ4n) is 2.84. The number of carbonyl (C=O) groups excluding carboxylic acids is 2. The molecule has 2 aromatic carbocycles. The van der Waals surface area contributed by atoms with Crippen LogP contribution in [0.25, 0.3) is 0 Å². The molecule has 2 aromatic rings. The summed E-state index contributed by atoms with van der Waals surface area (Å²) in [4.78, 5) is 25.5. The lowest BCUT2D eigenvalue weighted by atomic mass is 10.2. The van der Waals surface area contributed by atoms with E-state index in [1.807, 2.05) is 31.2 Å². The van der Waals surface area contributed by atoms with Gasteiger partial charge in [0.2, 0.25) is 5.91 Å². The zero-order valence-electron chi connectivity index (χ0n) is 15.0. The normalized spacial score (nSPS) is 13.0. The molecule has 0 saturated heterocycles. The number of hydrogen-bond acceptors (Lipinski definition) is 4. The molecule has 1 aliphatic rings. The van der Waals surface area contributed by atoms with Crippen LogP contribution in [-0.4, -0.2) is 37.5 Å². The lowest BCUT2D eigenvalue weighted by molar-refractivity contribution is -0.121. The van der Waals surface area contributed by atoms with Crippen molar-refractivity contribution in [3.05, 3.63) is 48.0 Å². The van der Waals surface area contributed by atoms with Gasteiger partial charge < -0.3 is 19.7 Å². The first-order valence-corrected chi connectivity index (χ1v) is 9.23. The number of ether oxygens (including phenoxy) is 2. The van der Waals surface area contributed by atoms with Crippen LogP contribution in [0.1, 0.15) is 12.0 Å². The summed E-state index contributed by atoms with van der Waals surface area (Å²) in [6, 6.07) is 13.0. The number of hydrogen-bond donors (Lipinski definition) is 1. The molecule has 0 atom stereocenters. The van der Waals surface area contributed by atoms with Gasteiger partial charge in [0, 0.05) is 12.2 Å². The van der Waals surface area contributed by atoms with E-state index in [-0.39, 0.29) is 24.3 Å². The lowest BCUT2D eigenvalue weighted by Crippen LogP contribution is -2.39. The van der Waals surface area contributed by atoms with Crippen molar-refractivity contribution in [3.63, 3.8) is 0 Å². The van der Waals surface area contributed by atoms with E-state index >= 15 is 0 Å². The van der Waals surface area contributed by atoms with Gasteiger partial charge in [0.05, 0.1) is 12.3 Å². The molecule has 27 heavy (non-hydrogen) atoms. The van der Waals surface area contributed by atoms with Crippen LogP contribution in [-0.2, 0) is 9.59 Å². The highest BCUT2D eigenvalue weighted by molar-refractivity contribution is 6.29. The quantitative estimate of drug-likeness (QED) is 0.583. The molecule has 142 valence electrons. The average molecular weight is 389 g/mol. The third-order valence-corrected chi connectivity index (χ3v) is 4.33. The molecule has 0 spiro atoms. The molecule has 0 saturated carbocycles. The molecular weight excluding hydrogens is 368 g/mol. The highest BCUT2D eigenvalue weighted by Gasteiger charge is 2.25. The maximum atomic E-state index is 12.3. The predicted molar refractivity (Wildman–Crippen MR) is 105 cm³/mol. The number of carbonyl (C=O) groups is 2. The number of anilines is 2. The van der Waals surface area contributed by atoms with Crippen molar-refractivity contribution in [1.29, 1.82) is 0 Å². The Hall–Kier alpha value is -2.73. The summed E-state index contributed by atoms with van der Waals surface area (Å²) in [5.74, 6) is 0.858. The summed E-state index contributed by atoms with van der Waals surface area (Å²) in [5.41, 5.74) is 2.34. The molecule has 2 amide bonds. The minimum atomic E-state index is -0.308. The van der Waals surface area contributed by atoms with Crippen LogP contribution in [0.5, 0.6) is 11.5 Å². The summed E-state index contributed by atoms with van der Waals surface area (Å²) < 4.78 is 11.2. The number of benzene rings is 2. The zero-order chi connectivity index (χ0) is 19.2. The first kappa shape index (κ1) is 19.0. The summed E-state index contributed by atoms with van der Waals surface area (Å²) in [6.45, 7) is 3.00. The van der Waals surface area contributed by atoms with Crippen molar-refractivity contribution in [1.82, 2.24) is 0 Å². The Kier molecular flexibility index (Phi) is 6.19. The Balaban J connectivity index is 1.64. The SMILES string of the molecule is Cc1cccc(OCCCN2C(=O)COc3ccc(NC(=O)CCl)cc32)c1. The predicted octanol–water partition coefficient (Wildman–Crippen LogP) is 3.37. The smallest absolute Gasteiger partial charge is 0.265 e. The maximum Gasteiger partial charge on any atom is 0.265 e. The number of alkyl halides is 1. The van der Waals surface area contributed by atoms with Gasteiger partial charge in [0.1, 0.15) is 17.4 Å².